The Morgan fingerprint density at radius 1 is 1.16 bits per heavy atom. The topological polar surface area (TPSA) is 80.9 Å². The van der Waals surface area contributed by atoms with Gasteiger partial charge in [0, 0.05) is 19.4 Å². The molecule has 0 radical (unpaired) electrons. The summed E-state index contributed by atoms with van der Waals surface area (Å²) >= 11 is 0. The van der Waals surface area contributed by atoms with Crippen LogP contribution in [0.25, 0.3) is 0 Å². The van der Waals surface area contributed by atoms with Crippen LogP contribution in [-0.2, 0) is 17.8 Å². The lowest BCUT2D eigenvalue weighted by Crippen LogP contribution is -2.08. The predicted molar refractivity (Wildman–Crippen MR) is 71.8 cm³/mol. The van der Waals surface area contributed by atoms with Gasteiger partial charge in [0.25, 0.3) is 0 Å². The van der Waals surface area contributed by atoms with Crippen molar-refractivity contribution in [3.05, 3.63) is 5.82 Å². The predicted octanol–water partition coefficient (Wildman–Crippen LogP) is 2.44. The Morgan fingerprint density at radius 3 is 2.63 bits per heavy atom. The molecule has 0 atom stereocenters. The summed E-state index contributed by atoms with van der Waals surface area (Å²) in [6.07, 6.45) is 9.08. The molecule has 1 rings (SSSR count). The highest BCUT2D eigenvalue weighted by Gasteiger charge is 2.06. The van der Waals surface area contributed by atoms with Crippen LogP contribution in [0, 0.1) is 0 Å². The van der Waals surface area contributed by atoms with E-state index in [2.05, 4.69) is 22.4 Å². The normalized spacial score (nSPS) is 10.8. The molecule has 0 saturated heterocycles. The number of carboxylic acids is 1. The van der Waals surface area contributed by atoms with Crippen LogP contribution in [0.1, 0.15) is 64.1 Å². The number of hydrogen-bond acceptors (Lipinski definition) is 4. The SMILES string of the molecule is CCCCCCCCc1nnnn1CCCC(=O)O. The third-order valence-electron chi connectivity index (χ3n) is 3.12. The zero-order chi connectivity index (χ0) is 13.9. The summed E-state index contributed by atoms with van der Waals surface area (Å²) < 4.78 is 1.73. The number of aliphatic carboxylic acids is 1. The van der Waals surface area contributed by atoms with Crippen LogP contribution in [-0.4, -0.2) is 31.3 Å². The first kappa shape index (κ1) is 15.6. The van der Waals surface area contributed by atoms with Gasteiger partial charge in [0.1, 0.15) is 0 Å². The molecule has 0 aliphatic carbocycles. The average Bonchev–Trinajstić information content (AvgIpc) is 2.81. The number of carboxylic acid groups (broad SMARTS) is 1. The van der Waals surface area contributed by atoms with E-state index in [9.17, 15) is 4.79 Å². The highest BCUT2D eigenvalue weighted by Crippen LogP contribution is 2.08. The smallest absolute Gasteiger partial charge is 0.303 e. The third-order valence-corrected chi connectivity index (χ3v) is 3.12. The van der Waals surface area contributed by atoms with Gasteiger partial charge < -0.3 is 5.11 Å². The lowest BCUT2D eigenvalue weighted by atomic mass is 10.1. The fourth-order valence-corrected chi connectivity index (χ4v) is 2.02. The third kappa shape index (κ3) is 6.88. The van der Waals surface area contributed by atoms with Crippen LogP contribution in [0.3, 0.4) is 0 Å². The van der Waals surface area contributed by atoms with Gasteiger partial charge in [-0.25, -0.2) is 4.68 Å². The molecule has 6 heteroatoms. The second-order valence-electron chi connectivity index (χ2n) is 4.83. The van der Waals surface area contributed by atoms with Crippen molar-refractivity contribution in [1.29, 1.82) is 0 Å². The van der Waals surface area contributed by atoms with Gasteiger partial charge in [-0.3, -0.25) is 4.79 Å². The molecule has 6 nitrogen and oxygen atoms in total. The van der Waals surface area contributed by atoms with E-state index in [0.717, 1.165) is 18.7 Å². The van der Waals surface area contributed by atoms with Crippen molar-refractivity contribution >= 4 is 5.97 Å². The quantitative estimate of drug-likeness (QED) is 0.623. The largest absolute Gasteiger partial charge is 0.481 e. The van der Waals surface area contributed by atoms with Crippen molar-refractivity contribution in [2.24, 2.45) is 0 Å². The van der Waals surface area contributed by atoms with Gasteiger partial charge in [0.2, 0.25) is 0 Å². The molecule has 1 aromatic rings. The van der Waals surface area contributed by atoms with Crippen LogP contribution >= 0.6 is 0 Å². The number of tetrazole rings is 1. The Balaban J connectivity index is 2.19. The Labute approximate surface area is 114 Å². The number of aryl methyl sites for hydroxylation is 2. The number of aromatic nitrogens is 4. The minimum Gasteiger partial charge on any atom is -0.481 e. The molecular formula is C13H24N4O2. The van der Waals surface area contributed by atoms with E-state index in [1.807, 2.05) is 0 Å². The minimum atomic E-state index is -0.773. The lowest BCUT2D eigenvalue weighted by molar-refractivity contribution is -0.137. The maximum absolute atomic E-state index is 10.4. The highest BCUT2D eigenvalue weighted by molar-refractivity contribution is 5.66. The van der Waals surface area contributed by atoms with E-state index in [4.69, 9.17) is 5.11 Å². The van der Waals surface area contributed by atoms with Crippen molar-refractivity contribution in [3.63, 3.8) is 0 Å². The fourth-order valence-electron chi connectivity index (χ4n) is 2.02. The van der Waals surface area contributed by atoms with Gasteiger partial charge in [0.05, 0.1) is 0 Å². The van der Waals surface area contributed by atoms with E-state index in [1.54, 1.807) is 4.68 Å². The molecule has 0 aliphatic heterocycles. The first-order chi connectivity index (χ1) is 9.24. The van der Waals surface area contributed by atoms with Gasteiger partial charge in [-0.2, -0.15) is 0 Å². The first-order valence-electron chi connectivity index (χ1n) is 7.21. The molecule has 0 aromatic carbocycles. The average molecular weight is 268 g/mol. The Morgan fingerprint density at radius 2 is 1.89 bits per heavy atom. The van der Waals surface area contributed by atoms with Gasteiger partial charge in [-0.05, 0) is 23.3 Å². The molecule has 0 amide bonds. The summed E-state index contributed by atoms with van der Waals surface area (Å²) in [6, 6.07) is 0. The summed E-state index contributed by atoms with van der Waals surface area (Å²) in [5, 5.41) is 20.2. The van der Waals surface area contributed by atoms with Crippen LogP contribution in [0.2, 0.25) is 0 Å². The lowest BCUT2D eigenvalue weighted by Gasteiger charge is -2.03. The monoisotopic (exact) mass is 268 g/mol. The maximum atomic E-state index is 10.4. The summed E-state index contributed by atoms with van der Waals surface area (Å²) in [4.78, 5) is 10.4. The number of nitrogens with zero attached hydrogens (tertiary/aromatic N) is 4. The minimum absolute atomic E-state index is 0.163. The molecule has 0 unspecified atom stereocenters. The number of rotatable bonds is 11. The van der Waals surface area contributed by atoms with Crippen molar-refractivity contribution in [2.45, 2.75) is 71.3 Å². The first-order valence-corrected chi connectivity index (χ1v) is 7.21. The van der Waals surface area contributed by atoms with E-state index in [1.165, 1.54) is 32.1 Å². The molecule has 108 valence electrons. The van der Waals surface area contributed by atoms with E-state index < -0.39 is 5.97 Å². The molecular weight excluding hydrogens is 244 g/mol. The summed E-state index contributed by atoms with van der Waals surface area (Å²) in [7, 11) is 0. The maximum Gasteiger partial charge on any atom is 0.303 e. The van der Waals surface area contributed by atoms with Gasteiger partial charge >= 0.3 is 5.97 Å². The van der Waals surface area contributed by atoms with E-state index in [0.29, 0.717) is 13.0 Å². The number of carbonyl (C=O) groups is 1. The van der Waals surface area contributed by atoms with Crippen molar-refractivity contribution in [1.82, 2.24) is 20.2 Å². The van der Waals surface area contributed by atoms with Gasteiger partial charge in [0.15, 0.2) is 5.82 Å². The second-order valence-corrected chi connectivity index (χ2v) is 4.83. The number of hydrogen-bond donors (Lipinski definition) is 1. The summed E-state index contributed by atoms with van der Waals surface area (Å²) in [5.41, 5.74) is 0. The highest BCUT2D eigenvalue weighted by atomic mass is 16.4. The van der Waals surface area contributed by atoms with Crippen LogP contribution in [0.4, 0.5) is 0 Å². The van der Waals surface area contributed by atoms with Gasteiger partial charge in [-0.15, -0.1) is 5.10 Å². The van der Waals surface area contributed by atoms with E-state index >= 15 is 0 Å². The van der Waals surface area contributed by atoms with E-state index in [-0.39, 0.29) is 6.42 Å². The molecule has 0 fully saturated rings. The summed E-state index contributed by atoms with van der Waals surface area (Å²) in [5.74, 6) is 0.103. The van der Waals surface area contributed by atoms with Crippen LogP contribution < -0.4 is 0 Å². The van der Waals surface area contributed by atoms with Crippen molar-refractivity contribution in [2.75, 3.05) is 0 Å². The van der Waals surface area contributed by atoms with Crippen molar-refractivity contribution in [3.8, 4) is 0 Å². The molecule has 1 N–H and O–H groups in total. The van der Waals surface area contributed by atoms with Crippen molar-refractivity contribution < 1.29 is 9.90 Å². The molecule has 1 heterocycles. The molecule has 0 spiro atoms. The second kappa shape index (κ2) is 9.47. The molecule has 1 aromatic heterocycles. The van der Waals surface area contributed by atoms with Crippen LogP contribution in [0.5, 0.6) is 0 Å². The number of unbranched alkanes of at least 4 members (excludes halogenated alkanes) is 5. The molecule has 0 saturated carbocycles. The molecule has 0 bridgehead atoms. The Bertz CT molecular complexity index is 365. The zero-order valence-corrected chi connectivity index (χ0v) is 11.7. The zero-order valence-electron chi connectivity index (χ0n) is 11.7. The Hall–Kier alpha value is -1.46. The standard InChI is InChI=1S/C13H24N4O2/c1-2-3-4-5-6-7-9-12-14-15-16-17(12)11-8-10-13(18)19/h2-11H2,1H3,(H,18,19). The fraction of sp³-hybridized carbons (Fsp3) is 0.846. The Kier molecular flexibility index (Phi) is 7.77. The van der Waals surface area contributed by atoms with Crippen LogP contribution in [0.15, 0.2) is 0 Å². The molecule has 0 aliphatic rings. The summed E-state index contributed by atoms with van der Waals surface area (Å²) in [6.45, 7) is 2.80. The molecule has 19 heavy (non-hydrogen) atoms. The van der Waals surface area contributed by atoms with Gasteiger partial charge in [-0.1, -0.05) is 39.0 Å².